The Balaban J connectivity index is 2.25. The first-order chi connectivity index (χ1) is 9.30. The Kier molecular flexibility index (Phi) is 4.59. The van der Waals surface area contributed by atoms with E-state index in [-0.39, 0.29) is 10.7 Å². The van der Waals surface area contributed by atoms with E-state index in [1.165, 1.54) is 25.5 Å². The number of sulfone groups is 1. The van der Waals surface area contributed by atoms with Crippen LogP contribution >= 0.6 is 11.5 Å². The van der Waals surface area contributed by atoms with Gasteiger partial charge in [0.15, 0.2) is 15.7 Å². The third-order valence-corrected chi connectivity index (χ3v) is 6.11. The van der Waals surface area contributed by atoms with Gasteiger partial charge in [-0.3, -0.25) is 0 Å². The van der Waals surface area contributed by atoms with Gasteiger partial charge in [-0.05, 0) is 36.2 Å². The molecule has 0 spiro atoms. The van der Waals surface area contributed by atoms with E-state index < -0.39 is 9.84 Å². The Morgan fingerprint density at radius 2 is 2.00 bits per heavy atom. The van der Waals surface area contributed by atoms with Gasteiger partial charge < -0.3 is 11.1 Å². The maximum Gasteiger partial charge on any atom is 0.182 e. The lowest BCUT2D eigenvalue weighted by Crippen LogP contribution is -2.35. The molecule has 2 rings (SSSR count). The standard InChI is InChI=1S/C13H23N3O2S2/c1-8(2)9-6-4-5-7-10(9)15-13-11(20(3,17)18)12(14)16-19-13/h8-10,15H,4-7H2,1-3H3,(H2,14,16). The molecule has 1 heterocycles. The SMILES string of the molecule is CC(C)C1CCCCC1Nc1snc(N)c1S(C)(=O)=O. The van der Waals surface area contributed by atoms with Gasteiger partial charge in [-0.15, -0.1) is 0 Å². The molecule has 0 amide bonds. The van der Waals surface area contributed by atoms with E-state index in [1.807, 2.05) is 0 Å². The van der Waals surface area contributed by atoms with Crippen molar-refractivity contribution in [2.45, 2.75) is 50.5 Å². The van der Waals surface area contributed by atoms with Gasteiger partial charge in [-0.1, -0.05) is 26.7 Å². The van der Waals surface area contributed by atoms with Gasteiger partial charge >= 0.3 is 0 Å². The zero-order chi connectivity index (χ0) is 14.9. The average molecular weight is 317 g/mol. The average Bonchev–Trinajstić information content (AvgIpc) is 2.70. The molecule has 114 valence electrons. The highest BCUT2D eigenvalue weighted by Gasteiger charge is 2.30. The van der Waals surface area contributed by atoms with E-state index in [0.29, 0.717) is 22.9 Å². The highest BCUT2D eigenvalue weighted by molar-refractivity contribution is 7.91. The summed E-state index contributed by atoms with van der Waals surface area (Å²) in [5.41, 5.74) is 5.71. The fourth-order valence-electron chi connectivity index (χ4n) is 3.05. The van der Waals surface area contributed by atoms with Crippen molar-refractivity contribution in [2.24, 2.45) is 11.8 Å². The molecule has 1 aromatic rings. The minimum absolute atomic E-state index is 0.108. The molecule has 3 N–H and O–H groups in total. The van der Waals surface area contributed by atoms with Gasteiger partial charge in [0, 0.05) is 12.3 Å². The van der Waals surface area contributed by atoms with Crippen molar-refractivity contribution in [3.63, 3.8) is 0 Å². The Morgan fingerprint density at radius 3 is 2.60 bits per heavy atom. The van der Waals surface area contributed by atoms with Crippen molar-refractivity contribution in [3.05, 3.63) is 0 Å². The highest BCUT2D eigenvalue weighted by Crippen LogP contribution is 2.37. The Labute approximate surface area is 125 Å². The fourth-order valence-corrected chi connectivity index (χ4v) is 5.17. The minimum atomic E-state index is -3.35. The van der Waals surface area contributed by atoms with Gasteiger partial charge in [-0.25, -0.2) is 8.42 Å². The fraction of sp³-hybridized carbons (Fsp3) is 0.769. The number of hydrogen-bond donors (Lipinski definition) is 2. The topological polar surface area (TPSA) is 85.1 Å². The Hall–Kier alpha value is -0.820. The summed E-state index contributed by atoms with van der Waals surface area (Å²) in [5.74, 6) is 1.26. The molecule has 0 aliphatic heterocycles. The molecule has 0 saturated heterocycles. The first kappa shape index (κ1) is 15.6. The second kappa shape index (κ2) is 5.89. The van der Waals surface area contributed by atoms with Gasteiger partial charge in [-0.2, -0.15) is 4.37 Å². The Bertz CT molecular complexity index is 566. The van der Waals surface area contributed by atoms with Crippen molar-refractivity contribution in [1.82, 2.24) is 4.37 Å². The number of nitrogen functional groups attached to an aromatic ring is 1. The van der Waals surface area contributed by atoms with E-state index in [4.69, 9.17) is 5.73 Å². The summed E-state index contributed by atoms with van der Waals surface area (Å²) in [6.07, 6.45) is 5.88. The lowest BCUT2D eigenvalue weighted by atomic mass is 9.78. The molecule has 20 heavy (non-hydrogen) atoms. The molecule has 2 atom stereocenters. The maximum atomic E-state index is 11.8. The third kappa shape index (κ3) is 3.25. The molecule has 1 fully saturated rings. The predicted octanol–water partition coefficient (Wildman–Crippen LogP) is 2.76. The number of rotatable bonds is 4. The molecular weight excluding hydrogens is 294 g/mol. The minimum Gasteiger partial charge on any atom is -0.382 e. The number of nitrogens with one attached hydrogen (secondary N) is 1. The molecular formula is C13H23N3O2S2. The second-order valence-corrected chi connectivity index (χ2v) is 8.67. The van der Waals surface area contributed by atoms with Gasteiger partial charge in [0.25, 0.3) is 0 Å². The van der Waals surface area contributed by atoms with E-state index in [0.717, 1.165) is 18.0 Å². The van der Waals surface area contributed by atoms with Crippen molar-refractivity contribution < 1.29 is 8.42 Å². The zero-order valence-corrected chi connectivity index (χ0v) is 13.9. The van der Waals surface area contributed by atoms with E-state index in [2.05, 4.69) is 23.5 Å². The largest absolute Gasteiger partial charge is 0.382 e. The van der Waals surface area contributed by atoms with E-state index in [1.54, 1.807) is 0 Å². The van der Waals surface area contributed by atoms with E-state index in [9.17, 15) is 8.42 Å². The summed E-state index contributed by atoms with van der Waals surface area (Å²) in [5, 5.41) is 4.00. The molecule has 0 aromatic carbocycles. The van der Waals surface area contributed by atoms with Crippen LogP contribution in [-0.2, 0) is 9.84 Å². The van der Waals surface area contributed by atoms with Crippen LogP contribution in [0.3, 0.4) is 0 Å². The van der Waals surface area contributed by atoms with Crippen molar-refractivity contribution >= 4 is 32.2 Å². The molecule has 1 aliphatic carbocycles. The summed E-state index contributed by atoms with van der Waals surface area (Å²) in [6, 6.07) is 0.309. The molecule has 7 heteroatoms. The summed E-state index contributed by atoms with van der Waals surface area (Å²) in [7, 11) is -3.35. The van der Waals surface area contributed by atoms with Crippen LogP contribution in [0.15, 0.2) is 4.90 Å². The lowest BCUT2D eigenvalue weighted by molar-refractivity contribution is 0.254. The summed E-state index contributed by atoms with van der Waals surface area (Å²) >= 11 is 1.15. The summed E-state index contributed by atoms with van der Waals surface area (Å²) in [6.45, 7) is 4.45. The lowest BCUT2D eigenvalue weighted by Gasteiger charge is -2.35. The first-order valence-corrected chi connectivity index (χ1v) is 9.69. The zero-order valence-electron chi connectivity index (χ0n) is 12.2. The summed E-state index contributed by atoms with van der Waals surface area (Å²) in [4.78, 5) is 0.163. The molecule has 1 saturated carbocycles. The molecule has 1 aromatic heterocycles. The van der Waals surface area contributed by atoms with Crippen LogP contribution < -0.4 is 11.1 Å². The third-order valence-electron chi connectivity index (χ3n) is 4.04. The smallest absolute Gasteiger partial charge is 0.182 e. The Morgan fingerprint density at radius 1 is 1.35 bits per heavy atom. The molecule has 1 aliphatic rings. The molecule has 0 radical (unpaired) electrons. The second-order valence-electron chi connectivity index (χ2n) is 5.94. The number of hydrogen-bond acceptors (Lipinski definition) is 6. The maximum absolute atomic E-state index is 11.8. The monoisotopic (exact) mass is 317 g/mol. The van der Waals surface area contributed by atoms with E-state index >= 15 is 0 Å². The number of anilines is 2. The van der Waals surface area contributed by atoms with Gasteiger partial charge in [0.2, 0.25) is 0 Å². The molecule has 2 unspecified atom stereocenters. The first-order valence-electron chi connectivity index (χ1n) is 7.02. The van der Waals surface area contributed by atoms with Crippen LogP contribution in [0.4, 0.5) is 10.8 Å². The predicted molar refractivity (Wildman–Crippen MR) is 83.8 cm³/mol. The highest BCUT2D eigenvalue weighted by atomic mass is 32.2. The summed E-state index contributed by atoms with van der Waals surface area (Å²) < 4.78 is 27.7. The van der Waals surface area contributed by atoms with Gasteiger partial charge in [0.1, 0.15) is 9.90 Å². The van der Waals surface area contributed by atoms with Crippen molar-refractivity contribution in [2.75, 3.05) is 17.3 Å². The van der Waals surface area contributed by atoms with Crippen molar-refractivity contribution in [3.8, 4) is 0 Å². The normalized spacial score (nSPS) is 24.0. The van der Waals surface area contributed by atoms with Crippen LogP contribution in [0.5, 0.6) is 0 Å². The number of aromatic nitrogens is 1. The van der Waals surface area contributed by atoms with Crippen LogP contribution in [0.25, 0.3) is 0 Å². The van der Waals surface area contributed by atoms with Crippen LogP contribution in [0.1, 0.15) is 39.5 Å². The van der Waals surface area contributed by atoms with Crippen LogP contribution in [0, 0.1) is 11.8 Å². The molecule has 0 bridgehead atoms. The van der Waals surface area contributed by atoms with Gasteiger partial charge in [0.05, 0.1) is 0 Å². The number of nitrogens with two attached hydrogens (primary N) is 1. The quantitative estimate of drug-likeness (QED) is 0.892. The molecule has 5 nitrogen and oxygen atoms in total. The van der Waals surface area contributed by atoms with Crippen LogP contribution in [-0.4, -0.2) is 25.1 Å². The van der Waals surface area contributed by atoms with Crippen LogP contribution in [0.2, 0.25) is 0 Å². The number of nitrogens with zero attached hydrogens (tertiary/aromatic N) is 1. The van der Waals surface area contributed by atoms with Crippen molar-refractivity contribution in [1.29, 1.82) is 0 Å².